The van der Waals surface area contributed by atoms with E-state index < -0.39 is 5.54 Å². The average molecular weight is 472 g/mol. The third kappa shape index (κ3) is 4.44. The molecule has 1 aliphatic carbocycles. The molecular weight excluding hydrogens is 442 g/mol. The summed E-state index contributed by atoms with van der Waals surface area (Å²) in [6.07, 6.45) is 6.17. The second-order valence-corrected chi connectivity index (χ2v) is 8.95. The molecule has 0 aliphatic heterocycles. The van der Waals surface area contributed by atoms with Crippen molar-refractivity contribution in [3.05, 3.63) is 67.1 Å². The van der Waals surface area contributed by atoms with Gasteiger partial charge in [-0.1, -0.05) is 30.3 Å². The molecule has 2 aromatic carbocycles. The summed E-state index contributed by atoms with van der Waals surface area (Å²) < 4.78 is 13.3. The summed E-state index contributed by atoms with van der Waals surface area (Å²) in [6.45, 7) is 2.13. The number of nitrogens with zero attached hydrogens (tertiary/aromatic N) is 3. The number of anilines is 1. The maximum absolute atomic E-state index is 12.4. The van der Waals surface area contributed by atoms with E-state index in [0.717, 1.165) is 46.5 Å². The number of para-hydroxylation sites is 1. The minimum Gasteiger partial charge on any atom is -0.465 e. The summed E-state index contributed by atoms with van der Waals surface area (Å²) in [5.74, 6) is 1.65. The maximum atomic E-state index is 12.4. The minimum absolute atomic E-state index is 0.146. The zero-order valence-corrected chi connectivity index (χ0v) is 19.7. The van der Waals surface area contributed by atoms with Crippen molar-refractivity contribution in [1.82, 2.24) is 14.5 Å². The van der Waals surface area contributed by atoms with Crippen LogP contribution < -0.4 is 16.2 Å². The van der Waals surface area contributed by atoms with Crippen molar-refractivity contribution >= 4 is 22.8 Å². The molecule has 0 unspecified atom stereocenters. The molecule has 0 spiro atoms. The lowest BCUT2D eigenvalue weighted by Gasteiger charge is -2.35. The number of hydrogen-bond acceptors (Lipinski definition) is 7. The van der Waals surface area contributed by atoms with E-state index in [1.54, 1.807) is 6.92 Å². The molecule has 0 radical (unpaired) electrons. The number of ether oxygens (including phenoxy) is 2. The van der Waals surface area contributed by atoms with Gasteiger partial charge in [-0.25, -0.2) is 9.97 Å². The number of nitrogen functional groups attached to an aromatic ring is 1. The fourth-order valence-electron chi connectivity index (χ4n) is 4.81. The number of rotatable bonds is 6. The van der Waals surface area contributed by atoms with Crippen molar-refractivity contribution in [2.24, 2.45) is 5.73 Å². The van der Waals surface area contributed by atoms with Crippen LogP contribution in [0.25, 0.3) is 22.2 Å². The molecule has 1 aliphatic rings. The Morgan fingerprint density at radius 1 is 1.06 bits per heavy atom. The fourth-order valence-corrected chi connectivity index (χ4v) is 4.81. The Morgan fingerprint density at radius 2 is 1.74 bits per heavy atom. The van der Waals surface area contributed by atoms with E-state index in [-0.39, 0.29) is 12.0 Å². The van der Waals surface area contributed by atoms with Crippen LogP contribution in [-0.2, 0) is 9.53 Å². The second kappa shape index (κ2) is 9.38. The highest BCUT2D eigenvalue weighted by molar-refractivity contribution is 6.00. The lowest BCUT2D eigenvalue weighted by molar-refractivity contribution is -0.151. The smallest absolute Gasteiger partial charge is 0.326 e. The van der Waals surface area contributed by atoms with Crippen molar-refractivity contribution in [2.75, 3.05) is 12.3 Å². The van der Waals surface area contributed by atoms with Gasteiger partial charge in [0.25, 0.3) is 0 Å². The molecule has 0 saturated heterocycles. The van der Waals surface area contributed by atoms with Crippen LogP contribution >= 0.6 is 0 Å². The van der Waals surface area contributed by atoms with Crippen molar-refractivity contribution in [3.8, 4) is 22.6 Å². The molecular formula is C27H29N5O3. The second-order valence-electron chi connectivity index (χ2n) is 8.95. The van der Waals surface area contributed by atoms with Crippen LogP contribution in [0.1, 0.15) is 38.6 Å². The van der Waals surface area contributed by atoms with Gasteiger partial charge in [-0.2, -0.15) is 0 Å². The topological polar surface area (TPSA) is 118 Å². The van der Waals surface area contributed by atoms with Gasteiger partial charge in [-0.3, -0.25) is 4.79 Å². The number of carbonyl (C=O) groups is 1. The molecule has 2 heterocycles. The molecule has 0 bridgehead atoms. The first-order chi connectivity index (χ1) is 17.0. The first kappa shape index (κ1) is 22.9. The number of hydrogen-bond donors (Lipinski definition) is 2. The number of fused-ring (bicyclic) bond motifs is 1. The predicted molar refractivity (Wildman–Crippen MR) is 135 cm³/mol. The summed E-state index contributed by atoms with van der Waals surface area (Å²) in [6, 6.07) is 17.7. The summed E-state index contributed by atoms with van der Waals surface area (Å²) in [7, 11) is 0. The monoisotopic (exact) mass is 471 g/mol. The Kier molecular flexibility index (Phi) is 6.13. The lowest BCUT2D eigenvalue weighted by atomic mass is 9.80. The van der Waals surface area contributed by atoms with Gasteiger partial charge in [-0.05, 0) is 62.4 Å². The Labute approximate surface area is 203 Å². The van der Waals surface area contributed by atoms with Crippen molar-refractivity contribution in [3.63, 3.8) is 0 Å². The van der Waals surface area contributed by atoms with Gasteiger partial charge in [0.2, 0.25) is 0 Å². The summed E-state index contributed by atoms with van der Waals surface area (Å²) in [5, 5.41) is 0.819. The molecule has 4 N–H and O–H groups in total. The number of aromatic nitrogens is 3. The Bertz CT molecular complexity index is 1330. The Morgan fingerprint density at radius 3 is 2.43 bits per heavy atom. The van der Waals surface area contributed by atoms with Crippen LogP contribution in [0.15, 0.2) is 67.1 Å². The average Bonchev–Trinajstić information content (AvgIpc) is 3.27. The molecule has 1 saturated carbocycles. The lowest BCUT2D eigenvalue weighted by Crippen LogP contribution is -2.51. The van der Waals surface area contributed by atoms with Crippen LogP contribution in [0.3, 0.4) is 0 Å². The molecule has 1 fully saturated rings. The van der Waals surface area contributed by atoms with Crippen molar-refractivity contribution in [2.45, 2.75) is 44.2 Å². The predicted octanol–water partition coefficient (Wildman–Crippen LogP) is 4.85. The molecule has 0 amide bonds. The normalized spacial score (nSPS) is 20.0. The zero-order chi connectivity index (χ0) is 24.4. The highest BCUT2D eigenvalue weighted by Crippen LogP contribution is 2.40. The molecule has 180 valence electrons. The van der Waals surface area contributed by atoms with Crippen LogP contribution in [0.4, 0.5) is 5.82 Å². The van der Waals surface area contributed by atoms with Gasteiger partial charge in [-0.15, -0.1) is 0 Å². The van der Waals surface area contributed by atoms with Gasteiger partial charge in [0.1, 0.15) is 34.8 Å². The fraction of sp³-hybridized carbons (Fsp3) is 0.296. The number of esters is 1. The standard InChI is InChI=1S/C27H29N5O3/c1-2-34-26(33)27(29)14-12-19(13-15-27)32-16-22(23-24(28)30-17-31-25(23)32)18-8-10-21(11-9-18)35-20-6-4-3-5-7-20/h3-11,16-17,19H,2,12-15,29H2,1H3,(H2,28,30,31). The molecule has 8 nitrogen and oxygen atoms in total. The van der Waals surface area contributed by atoms with Crippen LogP contribution in [0.5, 0.6) is 11.5 Å². The number of benzene rings is 2. The third-order valence-electron chi connectivity index (χ3n) is 6.71. The van der Waals surface area contributed by atoms with Gasteiger partial charge in [0, 0.05) is 17.8 Å². The van der Waals surface area contributed by atoms with E-state index in [9.17, 15) is 4.79 Å². The summed E-state index contributed by atoms with van der Waals surface area (Å²) >= 11 is 0. The van der Waals surface area contributed by atoms with E-state index in [0.29, 0.717) is 25.3 Å². The van der Waals surface area contributed by atoms with Crippen molar-refractivity contribution < 1.29 is 14.3 Å². The Balaban J connectivity index is 1.43. The number of nitrogens with two attached hydrogens (primary N) is 2. The van der Waals surface area contributed by atoms with E-state index in [2.05, 4.69) is 20.7 Å². The maximum Gasteiger partial charge on any atom is 0.326 e. The largest absolute Gasteiger partial charge is 0.465 e. The van der Waals surface area contributed by atoms with E-state index in [1.165, 1.54) is 6.33 Å². The third-order valence-corrected chi connectivity index (χ3v) is 6.71. The molecule has 8 heteroatoms. The van der Waals surface area contributed by atoms with E-state index in [4.69, 9.17) is 20.9 Å². The summed E-state index contributed by atoms with van der Waals surface area (Å²) in [4.78, 5) is 21.2. The molecule has 5 rings (SSSR count). The van der Waals surface area contributed by atoms with Gasteiger partial charge >= 0.3 is 5.97 Å². The highest BCUT2D eigenvalue weighted by Gasteiger charge is 2.40. The highest BCUT2D eigenvalue weighted by atomic mass is 16.5. The summed E-state index contributed by atoms with van der Waals surface area (Å²) in [5.41, 5.74) is 14.5. The van der Waals surface area contributed by atoms with Gasteiger partial charge < -0.3 is 25.5 Å². The molecule has 2 aromatic heterocycles. The first-order valence-electron chi connectivity index (χ1n) is 11.9. The van der Waals surface area contributed by atoms with Crippen LogP contribution in [0.2, 0.25) is 0 Å². The number of carbonyl (C=O) groups excluding carboxylic acids is 1. The molecule has 35 heavy (non-hydrogen) atoms. The quantitative estimate of drug-likeness (QED) is 0.386. The Hall–Kier alpha value is -3.91. The van der Waals surface area contributed by atoms with E-state index >= 15 is 0 Å². The molecule has 0 atom stereocenters. The minimum atomic E-state index is -0.930. The zero-order valence-electron chi connectivity index (χ0n) is 19.7. The van der Waals surface area contributed by atoms with Gasteiger partial charge in [0.15, 0.2) is 0 Å². The van der Waals surface area contributed by atoms with Crippen LogP contribution in [0, 0.1) is 0 Å². The van der Waals surface area contributed by atoms with Crippen molar-refractivity contribution in [1.29, 1.82) is 0 Å². The first-order valence-corrected chi connectivity index (χ1v) is 11.9. The van der Waals surface area contributed by atoms with Crippen LogP contribution in [-0.4, -0.2) is 32.7 Å². The van der Waals surface area contributed by atoms with E-state index in [1.807, 2.05) is 54.6 Å². The SMILES string of the molecule is CCOC(=O)C1(N)CCC(n2cc(-c3ccc(Oc4ccccc4)cc3)c3c(N)ncnc32)CC1. The van der Waals surface area contributed by atoms with Gasteiger partial charge in [0.05, 0.1) is 12.0 Å². The molecule has 4 aromatic rings.